The fraction of sp³-hybridized carbons (Fsp3) is 0.895. The second kappa shape index (κ2) is 17.5. The van der Waals surface area contributed by atoms with Gasteiger partial charge in [0.25, 0.3) is 0 Å². The van der Waals surface area contributed by atoms with Crippen molar-refractivity contribution in [1.29, 1.82) is 0 Å². The number of hydrogen-bond donors (Lipinski definition) is 0. The van der Waals surface area contributed by atoms with E-state index in [0.29, 0.717) is 24.7 Å². The Balaban J connectivity index is 0.000000216. The van der Waals surface area contributed by atoms with E-state index < -0.39 is 12.0 Å². The molecule has 4 heteroatoms. The van der Waals surface area contributed by atoms with Gasteiger partial charge in [0.05, 0.1) is 12.0 Å². The van der Waals surface area contributed by atoms with Crippen LogP contribution in [0.15, 0.2) is 24.3 Å². The van der Waals surface area contributed by atoms with Crippen molar-refractivity contribution >= 4 is 15.9 Å². The SMILES string of the molecule is CC1CCC(/C=C/C2CCC(Br)CC2)CC1.CC1CCC(/C=C/C2CCC(C(F)(F)OC3CCC(C)CC3)CC2)CC1. The highest BCUT2D eigenvalue weighted by molar-refractivity contribution is 9.09. The highest BCUT2D eigenvalue weighted by atomic mass is 79.9. The molecule has 0 N–H and O–H groups in total. The van der Waals surface area contributed by atoms with E-state index in [1.807, 2.05) is 0 Å². The van der Waals surface area contributed by atoms with Gasteiger partial charge in [0.2, 0.25) is 0 Å². The normalized spacial score (nSPS) is 40.5. The van der Waals surface area contributed by atoms with Gasteiger partial charge in [-0.3, -0.25) is 0 Å². The fourth-order valence-corrected chi connectivity index (χ4v) is 8.70. The zero-order valence-corrected chi connectivity index (χ0v) is 28.9. The Morgan fingerprint density at radius 2 is 0.786 bits per heavy atom. The van der Waals surface area contributed by atoms with E-state index in [-0.39, 0.29) is 6.10 Å². The number of allylic oxidation sites excluding steroid dienone is 4. The third-order valence-electron chi connectivity index (χ3n) is 11.7. The van der Waals surface area contributed by atoms with E-state index >= 15 is 0 Å². The molecule has 0 aromatic rings. The molecular formula is C38H63BrF2O. The number of alkyl halides is 3. The Hall–Kier alpha value is -0.220. The van der Waals surface area contributed by atoms with Crippen LogP contribution in [0.4, 0.5) is 8.78 Å². The lowest BCUT2D eigenvalue weighted by molar-refractivity contribution is -0.301. The van der Waals surface area contributed by atoms with E-state index in [1.54, 1.807) is 0 Å². The molecule has 5 rings (SSSR count). The quantitative estimate of drug-likeness (QED) is 0.196. The maximum atomic E-state index is 14.6. The lowest BCUT2D eigenvalue weighted by Gasteiger charge is -2.36. The largest absolute Gasteiger partial charge is 0.358 e. The Kier molecular flexibility index (Phi) is 14.4. The van der Waals surface area contributed by atoms with Crippen LogP contribution in [-0.4, -0.2) is 17.0 Å². The van der Waals surface area contributed by atoms with E-state index in [0.717, 1.165) is 72.9 Å². The van der Waals surface area contributed by atoms with Gasteiger partial charge in [0.15, 0.2) is 0 Å². The second-order valence-electron chi connectivity index (χ2n) is 15.5. The Labute approximate surface area is 266 Å². The van der Waals surface area contributed by atoms with Crippen LogP contribution in [0.1, 0.15) is 149 Å². The molecule has 0 bridgehead atoms. The highest BCUT2D eigenvalue weighted by Gasteiger charge is 2.44. The summed E-state index contributed by atoms with van der Waals surface area (Å²) in [6.45, 7) is 6.95. The molecule has 0 amide bonds. The van der Waals surface area contributed by atoms with Gasteiger partial charge in [0, 0.05) is 4.83 Å². The van der Waals surface area contributed by atoms with Crippen molar-refractivity contribution in [2.24, 2.45) is 47.3 Å². The van der Waals surface area contributed by atoms with Crippen LogP contribution in [-0.2, 0) is 4.74 Å². The first-order valence-electron chi connectivity index (χ1n) is 18.2. The molecule has 242 valence electrons. The zero-order valence-electron chi connectivity index (χ0n) is 27.3. The molecule has 0 aromatic carbocycles. The van der Waals surface area contributed by atoms with Crippen LogP contribution in [0, 0.1) is 47.3 Å². The molecule has 1 nitrogen and oxygen atoms in total. The first-order chi connectivity index (χ1) is 20.2. The Morgan fingerprint density at radius 1 is 0.476 bits per heavy atom. The van der Waals surface area contributed by atoms with Gasteiger partial charge >= 0.3 is 6.11 Å². The molecule has 0 spiro atoms. The average molecular weight is 654 g/mol. The molecule has 5 fully saturated rings. The fourth-order valence-electron chi connectivity index (χ4n) is 8.17. The number of hydrogen-bond acceptors (Lipinski definition) is 1. The van der Waals surface area contributed by atoms with E-state index in [4.69, 9.17) is 4.74 Å². The Morgan fingerprint density at radius 3 is 1.17 bits per heavy atom. The number of rotatable bonds is 7. The summed E-state index contributed by atoms with van der Waals surface area (Å²) in [4.78, 5) is 0.799. The summed E-state index contributed by atoms with van der Waals surface area (Å²) >= 11 is 3.73. The first kappa shape index (κ1) is 34.6. The van der Waals surface area contributed by atoms with Gasteiger partial charge in [-0.25, -0.2) is 0 Å². The van der Waals surface area contributed by atoms with Crippen molar-refractivity contribution < 1.29 is 13.5 Å². The molecule has 42 heavy (non-hydrogen) atoms. The van der Waals surface area contributed by atoms with Crippen molar-refractivity contribution in [3.05, 3.63) is 24.3 Å². The van der Waals surface area contributed by atoms with Crippen molar-refractivity contribution in [3.8, 4) is 0 Å². The van der Waals surface area contributed by atoms with Gasteiger partial charge < -0.3 is 4.74 Å². The number of ether oxygens (including phenoxy) is 1. The summed E-state index contributed by atoms with van der Waals surface area (Å²) in [5.41, 5.74) is 0. The minimum absolute atomic E-state index is 0.229. The highest BCUT2D eigenvalue weighted by Crippen LogP contribution is 2.42. The maximum Gasteiger partial charge on any atom is 0.358 e. The minimum Gasteiger partial charge on any atom is -0.317 e. The van der Waals surface area contributed by atoms with Crippen LogP contribution in [0.5, 0.6) is 0 Å². The van der Waals surface area contributed by atoms with Gasteiger partial charge in [0.1, 0.15) is 0 Å². The summed E-state index contributed by atoms with van der Waals surface area (Å²) in [7, 11) is 0. The summed E-state index contributed by atoms with van der Waals surface area (Å²) in [6.07, 6.45) is 29.9. The van der Waals surface area contributed by atoms with Crippen molar-refractivity contribution in [2.75, 3.05) is 0 Å². The minimum atomic E-state index is -2.93. The van der Waals surface area contributed by atoms with Gasteiger partial charge in [-0.15, -0.1) is 0 Å². The topological polar surface area (TPSA) is 9.23 Å². The molecule has 0 aliphatic heterocycles. The van der Waals surface area contributed by atoms with E-state index in [9.17, 15) is 8.78 Å². The zero-order chi connectivity index (χ0) is 30.0. The average Bonchev–Trinajstić information content (AvgIpc) is 2.99. The molecule has 0 radical (unpaired) electrons. The van der Waals surface area contributed by atoms with Crippen LogP contribution in [0.2, 0.25) is 0 Å². The van der Waals surface area contributed by atoms with Crippen LogP contribution in [0.3, 0.4) is 0 Å². The predicted molar refractivity (Wildman–Crippen MR) is 178 cm³/mol. The van der Waals surface area contributed by atoms with Crippen LogP contribution in [0.25, 0.3) is 0 Å². The monoisotopic (exact) mass is 652 g/mol. The molecule has 5 aliphatic rings. The van der Waals surface area contributed by atoms with Gasteiger partial charge in [-0.2, -0.15) is 8.78 Å². The summed E-state index contributed by atoms with van der Waals surface area (Å²) in [5.74, 6) is 4.95. The lowest BCUT2D eigenvalue weighted by Crippen LogP contribution is -2.38. The third-order valence-corrected chi connectivity index (χ3v) is 12.6. The molecule has 0 saturated heterocycles. The third kappa shape index (κ3) is 11.9. The van der Waals surface area contributed by atoms with Crippen molar-refractivity contribution in [3.63, 3.8) is 0 Å². The van der Waals surface area contributed by atoms with Gasteiger partial charge in [-0.05, 0) is 144 Å². The molecule has 0 aromatic heterocycles. The maximum absolute atomic E-state index is 14.6. The molecule has 5 saturated carbocycles. The molecule has 0 heterocycles. The molecule has 0 unspecified atom stereocenters. The Bertz CT molecular complexity index is 762. The molecule has 0 atom stereocenters. The lowest BCUT2D eigenvalue weighted by atomic mass is 9.79. The van der Waals surface area contributed by atoms with E-state index in [2.05, 4.69) is 61.0 Å². The van der Waals surface area contributed by atoms with Crippen molar-refractivity contribution in [2.45, 2.75) is 166 Å². The molecule has 5 aliphatic carbocycles. The standard InChI is InChI=1S/C23H38F2O.C15H25Br/c1-17-3-7-19(8-4-17)9-10-20-11-13-21(14-12-20)23(24,25)26-22-15-5-18(2)6-16-22;1-12-2-4-13(5-3-12)6-7-14-8-10-15(16)11-9-14/h9-10,17-22H,3-8,11-16H2,1-2H3;6-7,12-15H,2-5,8-11H2,1H3/b10-9+;7-6+. The number of halogens is 3. The first-order valence-corrected chi connectivity index (χ1v) is 19.1. The molecular weight excluding hydrogens is 590 g/mol. The summed E-state index contributed by atoms with van der Waals surface area (Å²) in [5, 5.41) is 0. The van der Waals surface area contributed by atoms with E-state index in [1.165, 1.54) is 77.0 Å². The summed E-state index contributed by atoms with van der Waals surface area (Å²) in [6, 6.07) is 0. The van der Waals surface area contributed by atoms with Crippen LogP contribution < -0.4 is 0 Å². The smallest absolute Gasteiger partial charge is 0.317 e. The van der Waals surface area contributed by atoms with Gasteiger partial charge in [-0.1, -0.05) is 86.7 Å². The summed E-state index contributed by atoms with van der Waals surface area (Å²) < 4.78 is 34.5. The van der Waals surface area contributed by atoms with Crippen LogP contribution >= 0.6 is 15.9 Å². The van der Waals surface area contributed by atoms with Crippen molar-refractivity contribution in [1.82, 2.24) is 0 Å². The second-order valence-corrected chi connectivity index (χ2v) is 16.8. The predicted octanol–water partition coefficient (Wildman–Crippen LogP) is 12.7.